The molecule has 0 atom stereocenters. The topological polar surface area (TPSA) is 41.6 Å². The molecule has 0 heterocycles. The monoisotopic (exact) mass is 278 g/mol. The van der Waals surface area contributed by atoms with Crippen LogP contribution in [0.3, 0.4) is 0 Å². The summed E-state index contributed by atoms with van der Waals surface area (Å²) in [4.78, 5) is 13.4. The number of nitrogens with one attached hydrogen (secondary N) is 1. The summed E-state index contributed by atoms with van der Waals surface area (Å²) in [6, 6.07) is 7.92. The zero-order valence-electron chi connectivity index (χ0n) is 12.8. The molecular formula is C16H26N2O2. The molecule has 0 saturated heterocycles. The molecule has 1 aromatic carbocycles. The Morgan fingerprint density at radius 3 is 2.50 bits per heavy atom. The van der Waals surface area contributed by atoms with Crippen molar-refractivity contribution in [3.63, 3.8) is 0 Å². The first-order chi connectivity index (χ1) is 9.67. The molecule has 0 aliphatic heterocycles. The number of rotatable bonds is 8. The Morgan fingerprint density at radius 1 is 1.20 bits per heavy atom. The van der Waals surface area contributed by atoms with E-state index in [9.17, 15) is 4.79 Å². The molecule has 20 heavy (non-hydrogen) atoms. The van der Waals surface area contributed by atoms with Gasteiger partial charge < -0.3 is 15.0 Å². The summed E-state index contributed by atoms with van der Waals surface area (Å²) < 4.78 is 5.51. The van der Waals surface area contributed by atoms with E-state index in [4.69, 9.17) is 4.74 Å². The zero-order chi connectivity index (χ0) is 14.8. The maximum absolute atomic E-state index is 11.7. The average Bonchev–Trinajstić information content (AvgIpc) is 2.46. The molecule has 0 aliphatic rings. The van der Waals surface area contributed by atoms with Crippen LogP contribution in [0, 0.1) is 0 Å². The lowest BCUT2D eigenvalue weighted by atomic mass is 10.1. The predicted octanol–water partition coefficient (Wildman–Crippen LogP) is 3.42. The number of hydrogen-bond acceptors (Lipinski definition) is 2. The number of carbonyl (C=O) groups excluding carboxylic acids is 1. The molecule has 0 bridgehead atoms. The number of benzene rings is 1. The quantitative estimate of drug-likeness (QED) is 0.740. The van der Waals surface area contributed by atoms with Gasteiger partial charge in [-0.05, 0) is 30.5 Å². The molecule has 1 aromatic rings. The van der Waals surface area contributed by atoms with Crippen molar-refractivity contribution in [2.45, 2.75) is 39.5 Å². The van der Waals surface area contributed by atoms with Crippen LogP contribution < -0.4 is 10.1 Å². The number of aryl methyl sites for hydroxylation is 1. The lowest BCUT2D eigenvalue weighted by molar-refractivity contribution is 0.193. The number of ether oxygens (including phenoxy) is 1. The third-order valence-corrected chi connectivity index (χ3v) is 3.12. The van der Waals surface area contributed by atoms with Gasteiger partial charge in [-0.25, -0.2) is 4.79 Å². The molecule has 0 saturated carbocycles. The van der Waals surface area contributed by atoms with Crippen LogP contribution in [-0.4, -0.2) is 31.3 Å². The van der Waals surface area contributed by atoms with Crippen LogP contribution in [0.4, 0.5) is 4.79 Å². The Morgan fingerprint density at radius 2 is 1.90 bits per heavy atom. The van der Waals surface area contributed by atoms with Gasteiger partial charge in [0.25, 0.3) is 0 Å². The van der Waals surface area contributed by atoms with E-state index >= 15 is 0 Å². The maximum Gasteiger partial charge on any atom is 0.319 e. The second kappa shape index (κ2) is 9.23. The molecule has 4 heteroatoms. The van der Waals surface area contributed by atoms with Gasteiger partial charge in [0.2, 0.25) is 0 Å². The first-order valence-corrected chi connectivity index (χ1v) is 7.38. The predicted molar refractivity (Wildman–Crippen MR) is 82.0 cm³/mol. The molecule has 0 unspecified atom stereocenters. The highest BCUT2D eigenvalue weighted by atomic mass is 16.5. The molecule has 0 aliphatic carbocycles. The van der Waals surface area contributed by atoms with Crippen molar-refractivity contribution >= 4 is 6.03 Å². The van der Waals surface area contributed by atoms with E-state index in [0.717, 1.165) is 38.0 Å². The fourth-order valence-electron chi connectivity index (χ4n) is 1.85. The second-order valence-corrected chi connectivity index (χ2v) is 4.94. The molecule has 0 aromatic heterocycles. The van der Waals surface area contributed by atoms with Crippen LogP contribution in [0.2, 0.25) is 0 Å². The minimum Gasteiger partial charge on any atom is -0.473 e. The number of unbranched alkanes of at least 4 members (excludes halogenated alkanes) is 1. The summed E-state index contributed by atoms with van der Waals surface area (Å²) in [5.74, 6) is 0.779. The molecular weight excluding hydrogens is 252 g/mol. The van der Waals surface area contributed by atoms with Crippen LogP contribution >= 0.6 is 0 Å². The highest BCUT2D eigenvalue weighted by molar-refractivity contribution is 5.73. The minimum absolute atomic E-state index is 0.0962. The molecule has 2 amide bonds. The number of urea groups is 1. The Labute approximate surface area is 122 Å². The molecule has 1 rings (SSSR count). The first-order valence-electron chi connectivity index (χ1n) is 7.38. The van der Waals surface area contributed by atoms with Crippen LogP contribution in [-0.2, 0) is 6.42 Å². The van der Waals surface area contributed by atoms with Crippen molar-refractivity contribution in [1.29, 1.82) is 0 Å². The summed E-state index contributed by atoms with van der Waals surface area (Å²) in [5, 5.41) is 2.74. The van der Waals surface area contributed by atoms with Crippen molar-refractivity contribution < 1.29 is 9.53 Å². The third kappa shape index (κ3) is 5.95. The standard InChI is InChI=1S/C16H26N2O2/c1-4-6-12-18(3)16(19)17-13-20-15-10-8-14(7-5-2)9-11-15/h8-11H,4-7,12-13H2,1-3H3,(H,17,19). The van der Waals surface area contributed by atoms with E-state index in [2.05, 4.69) is 31.3 Å². The minimum atomic E-state index is -0.0962. The molecule has 0 spiro atoms. The van der Waals surface area contributed by atoms with Crippen molar-refractivity contribution in [3.05, 3.63) is 29.8 Å². The van der Waals surface area contributed by atoms with Crippen molar-refractivity contribution in [3.8, 4) is 5.75 Å². The van der Waals surface area contributed by atoms with Crippen molar-refractivity contribution in [2.75, 3.05) is 20.3 Å². The van der Waals surface area contributed by atoms with Gasteiger partial charge in [0, 0.05) is 13.6 Å². The lowest BCUT2D eigenvalue weighted by Gasteiger charge is -2.17. The average molecular weight is 278 g/mol. The highest BCUT2D eigenvalue weighted by Gasteiger charge is 2.06. The van der Waals surface area contributed by atoms with E-state index in [-0.39, 0.29) is 12.8 Å². The van der Waals surface area contributed by atoms with E-state index in [1.165, 1.54) is 5.56 Å². The van der Waals surface area contributed by atoms with E-state index in [1.807, 2.05) is 12.1 Å². The van der Waals surface area contributed by atoms with Gasteiger partial charge in [0.05, 0.1) is 0 Å². The fraction of sp³-hybridized carbons (Fsp3) is 0.562. The Balaban J connectivity index is 2.27. The Hall–Kier alpha value is -1.71. The van der Waals surface area contributed by atoms with E-state index in [0.29, 0.717) is 0 Å². The number of carbonyl (C=O) groups is 1. The summed E-state index contributed by atoms with van der Waals surface area (Å²) in [7, 11) is 1.80. The maximum atomic E-state index is 11.7. The summed E-state index contributed by atoms with van der Waals surface area (Å²) in [6.45, 7) is 5.24. The number of amides is 2. The zero-order valence-corrected chi connectivity index (χ0v) is 12.8. The molecule has 112 valence electrons. The second-order valence-electron chi connectivity index (χ2n) is 4.94. The van der Waals surface area contributed by atoms with Gasteiger partial charge in [0.1, 0.15) is 5.75 Å². The summed E-state index contributed by atoms with van der Waals surface area (Å²) in [6.07, 6.45) is 4.32. The van der Waals surface area contributed by atoms with E-state index in [1.54, 1.807) is 11.9 Å². The van der Waals surface area contributed by atoms with E-state index < -0.39 is 0 Å². The normalized spacial score (nSPS) is 10.2. The van der Waals surface area contributed by atoms with Crippen molar-refractivity contribution in [2.24, 2.45) is 0 Å². The first kappa shape index (κ1) is 16.3. The van der Waals surface area contributed by atoms with Crippen LogP contribution in [0.25, 0.3) is 0 Å². The van der Waals surface area contributed by atoms with Gasteiger partial charge in [-0.3, -0.25) is 0 Å². The van der Waals surface area contributed by atoms with Gasteiger partial charge in [0.15, 0.2) is 6.73 Å². The summed E-state index contributed by atoms with van der Waals surface area (Å²) in [5.41, 5.74) is 1.31. The van der Waals surface area contributed by atoms with Gasteiger partial charge in [-0.15, -0.1) is 0 Å². The van der Waals surface area contributed by atoms with Crippen molar-refractivity contribution in [1.82, 2.24) is 10.2 Å². The SMILES string of the molecule is CCCCN(C)C(=O)NCOc1ccc(CCC)cc1. The van der Waals surface area contributed by atoms with Gasteiger partial charge >= 0.3 is 6.03 Å². The molecule has 4 nitrogen and oxygen atoms in total. The Kier molecular flexibility index (Phi) is 7.55. The van der Waals surface area contributed by atoms with Gasteiger partial charge in [-0.2, -0.15) is 0 Å². The van der Waals surface area contributed by atoms with Crippen LogP contribution in [0.15, 0.2) is 24.3 Å². The lowest BCUT2D eigenvalue weighted by Crippen LogP contribution is -2.39. The fourth-order valence-corrected chi connectivity index (χ4v) is 1.85. The summed E-state index contributed by atoms with van der Waals surface area (Å²) >= 11 is 0. The largest absolute Gasteiger partial charge is 0.473 e. The number of nitrogens with zero attached hydrogens (tertiary/aromatic N) is 1. The van der Waals surface area contributed by atoms with Crippen LogP contribution in [0.5, 0.6) is 5.75 Å². The highest BCUT2D eigenvalue weighted by Crippen LogP contribution is 2.12. The Bertz CT molecular complexity index is 390. The third-order valence-electron chi connectivity index (χ3n) is 3.12. The smallest absolute Gasteiger partial charge is 0.319 e. The van der Waals surface area contributed by atoms with Crippen LogP contribution in [0.1, 0.15) is 38.7 Å². The molecule has 0 radical (unpaired) electrons. The molecule has 0 fully saturated rings. The van der Waals surface area contributed by atoms with Gasteiger partial charge in [-0.1, -0.05) is 38.8 Å². The molecule has 1 N–H and O–H groups in total. The number of hydrogen-bond donors (Lipinski definition) is 1.